The molecule has 126 valence electrons. The predicted octanol–water partition coefficient (Wildman–Crippen LogP) is 1.75. The topological polar surface area (TPSA) is 66.9 Å². The number of amides is 3. The highest BCUT2D eigenvalue weighted by Gasteiger charge is 2.46. The van der Waals surface area contributed by atoms with Crippen molar-refractivity contribution < 1.29 is 19.1 Å². The Balaban J connectivity index is 1.83. The molecule has 1 atom stereocenters. The minimum atomic E-state index is -0.745. The molecule has 0 radical (unpaired) electrons. The van der Waals surface area contributed by atoms with Crippen LogP contribution in [-0.4, -0.2) is 42.3 Å². The molecule has 6 nitrogen and oxygen atoms in total. The van der Waals surface area contributed by atoms with E-state index in [2.05, 4.69) is 6.58 Å². The molecular weight excluding hydrogens is 308 g/mol. The number of ether oxygens (including phenoxy) is 1. The first kappa shape index (κ1) is 16.2. The number of benzene rings is 1. The van der Waals surface area contributed by atoms with Crippen LogP contribution < -0.4 is 9.64 Å². The highest BCUT2D eigenvalue weighted by Crippen LogP contribution is 2.34. The fraction of sp³-hybridized carbons (Fsp3) is 0.389. The van der Waals surface area contributed by atoms with Gasteiger partial charge in [-0.2, -0.15) is 0 Å². The minimum absolute atomic E-state index is 0.0111. The molecule has 2 aliphatic rings. The van der Waals surface area contributed by atoms with Crippen LogP contribution in [0.25, 0.3) is 0 Å². The van der Waals surface area contributed by atoms with Crippen LogP contribution in [0.3, 0.4) is 0 Å². The first-order valence-electron chi connectivity index (χ1n) is 7.99. The van der Waals surface area contributed by atoms with Gasteiger partial charge in [0, 0.05) is 12.5 Å². The van der Waals surface area contributed by atoms with Crippen molar-refractivity contribution in [2.24, 2.45) is 5.92 Å². The van der Waals surface area contributed by atoms with Crippen molar-refractivity contribution in [3.63, 3.8) is 0 Å². The van der Waals surface area contributed by atoms with E-state index in [1.54, 1.807) is 37.5 Å². The van der Waals surface area contributed by atoms with Crippen LogP contribution in [0.15, 0.2) is 36.9 Å². The van der Waals surface area contributed by atoms with Gasteiger partial charge in [-0.05, 0) is 37.1 Å². The zero-order chi connectivity index (χ0) is 17.3. The maximum absolute atomic E-state index is 12.8. The third-order valence-electron chi connectivity index (χ3n) is 4.37. The number of nitrogens with zero attached hydrogens (tertiary/aromatic N) is 2. The lowest BCUT2D eigenvalue weighted by atomic mass is 10.2. The first-order valence-corrected chi connectivity index (χ1v) is 7.99. The molecule has 2 fully saturated rings. The van der Waals surface area contributed by atoms with Crippen molar-refractivity contribution in [2.75, 3.05) is 18.6 Å². The van der Waals surface area contributed by atoms with E-state index in [9.17, 15) is 14.4 Å². The molecule has 1 aromatic rings. The smallest absolute Gasteiger partial charge is 0.257 e. The van der Waals surface area contributed by atoms with E-state index >= 15 is 0 Å². The summed E-state index contributed by atoms with van der Waals surface area (Å²) < 4.78 is 5.09. The van der Waals surface area contributed by atoms with Crippen LogP contribution in [0, 0.1) is 5.92 Å². The maximum atomic E-state index is 12.8. The average molecular weight is 328 g/mol. The molecule has 24 heavy (non-hydrogen) atoms. The number of rotatable bonds is 6. The lowest BCUT2D eigenvalue weighted by Crippen LogP contribution is -2.46. The standard InChI is InChI=1S/C18H20N2O4/c1-3-10-19(17(22)12-4-5-12)15-11-16(21)20(18(15)23)13-6-8-14(24-2)9-7-13/h3,6-9,12,15H,1,4-5,10-11H2,2H3. The van der Waals surface area contributed by atoms with Crippen LogP contribution in [-0.2, 0) is 14.4 Å². The van der Waals surface area contributed by atoms with E-state index in [4.69, 9.17) is 4.74 Å². The quantitative estimate of drug-likeness (QED) is 0.589. The second-order valence-corrected chi connectivity index (χ2v) is 6.04. The molecule has 0 aromatic heterocycles. The average Bonchev–Trinajstić information content (AvgIpc) is 3.39. The molecule has 0 spiro atoms. The van der Waals surface area contributed by atoms with Gasteiger partial charge in [-0.1, -0.05) is 6.08 Å². The largest absolute Gasteiger partial charge is 0.497 e. The summed E-state index contributed by atoms with van der Waals surface area (Å²) in [6.07, 6.45) is 3.30. The second-order valence-electron chi connectivity index (χ2n) is 6.04. The zero-order valence-electron chi connectivity index (χ0n) is 13.6. The van der Waals surface area contributed by atoms with Gasteiger partial charge >= 0.3 is 0 Å². The van der Waals surface area contributed by atoms with E-state index in [-0.39, 0.29) is 36.6 Å². The van der Waals surface area contributed by atoms with Gasteiger partial charge in [0.15, 0.2) is 0 Å². The van der Waals surface area contributed by atoms with Crippen molar-refractivity contribution in [1.29, 1.82) is 0 Å². The Bertz CT molecular complexity index is 679. The van der Waals surface area contributed by atoms with Crippen LogP contribution in [0.5, 0.6) is 5.75 Å². The summed E-state index contributed by atoms with van der Waals surface area (Å²) in [5, 5.41) is 0. The Labute approximate surface area is 140 Å². The number of methoxy groups -OCH3 is 1. The first-order chi connectivity index (χ1) is 11.6. The molecule has 0 bridgehead atoms. The molecule has 1 saturated carbocycles. The highest BCUT2D eigenvalue weighted by atomic mass is 16.5. The van der Waals surface area contributed by atoms with Crippen LogP contribution in [0.1, 0.15) is 19.3 Å². The number of carbonyl (C=O) groups is 3. The summed E-state index contributed by atoms with van der Waals surface area (Å²) in [5.74, 6) is -0.0825. The molecule has 1 aromatic carbocycles. The molecule has 0 N–H and O–H groups in total. The van der Waals surface area contributed by atoms with E-state index in [0.717, 1.165) is 17.7 Å². The van der Waals surface area contributed by atoms with Gasteiger partial charge in [-0.15, -0.1) is 6.58 Å². The molecule has 1 unspecified atom stereocenters. The molecular formula is C18H20N2O4. The van der Waals surface area contributed by atoms with Gasteiger partial charge in [0.1, 0.15) is 11.8 Å². The third kappa shape index (κ3) is 2.91. The molecule has 1 aliphatic heterocycles. The van der Waals surface area contributed by atoms with Crippen LogP contribution >= 0.6 is 0 Å². The summed E-state index contributed by atoms with van der Waals surface area (Å²) in [7, 11) is 1.55. The molecule has 1 aliphatic carbocycles. The normalized spacial score (nSPS) is 20.2. The Kier molecular flexibility index (Phi) is 4.38. The predicted molar refractivity (Wildman–Crippen MR) is 88.5 cm³/mol. The van der Waals surface area contributed by atoms with Crippen molar-refractivity contribution in [3.05, 3.63) is 36.9 Å². The Hall–Kier alpha value is -2.63. The lowest BCUT2D eigenvalue weighted by Gasteiger charge is -2.26. The molecule has 3 amide bonds. The van der Waals surface area contributed by atoms with Crippen molar-refractivity contribution in [3.8, 4) is 5.75 Å². The summed E-state index contributed by atoms with van der Waals surface area (Å²) in [6.45, 7) is 3.93. The molecule has 6 heteroatoms. The summed E-state index contributed by atoms with van der Waals surface area (Å²) in [6, 6.07) is 5.97. The summed E-state index contributed by atoms with van der Waals surface area (Å²) >= 11 is 0. The Morgan fingerprint density at radius 1 is 1.33 bits per heavy atom. The zero-order valence-corrected chi connectivity index (χ0v) is 13.6. The van der Waals surface area contributed by atoms with E-state index in [1.165, 1.54) is 4.90 Å². The highest BCUT2D eigenvalue weighted by molar-refractivity contribution is 6.23. The summed E-state index contributed by atoms with van der Waals surface area (Å²) in [5.41, 5.74) is 0.491. The fourth-order valence-corrected chi connectivity index (χ4v) is 2.94. The van der Waals surface area contributed by atoms with E-state index in [1.807, 2.05) is 0 Å². The fourth-order valence-electron chi connectivity index (χ4n) is 2.94. The lowest BCUT2D eigenvalue weighted by molar-refractivity contribution is -0.138. The number of carbonyl (C=O) groups excluding carboxylic acids is 3. The molecule has 1 heterocycles. The van der Waals surface area contributed by atoms with Crippen molar-refractivity contribution in [1.82, 2.24) is 4.90 Å². The van der Waals surface area contributed by atoms with Crippen molar-refractivity contribution >= 4 is 23.4 Å². The number of imide groups is 1. The Morgan fingerprint density at radius 2 is 2.00 bits per heavy atom. The number of anilines is 1. The SMILES string of the molecule is C=CCN(C(=O)C1CC1)C1CC(=O)N(c2ccc(OC)cc2)C1=O. The number of hydrogen-bond donors (Lipinski definition) is 0. The van der Waals surface area contributed by atoms with Crippen LogP contribution in [0.4, 0.5) is 5.69 Å². The van der Waals surface area contributed by atoms with Gasteiger partial charge in [0.25, 0.3) is 5.91 Å². The van der Waals surface area contributed by atoms with Gasteiger partial charge in [0.2, 0.25) is 11.8 Å². The van der Waals surface area contributed by atoms with Gasteiger partial charge in [0.05, 0.1) is 19.2 Å². The maximum Gasteiger partial charge on any atom is 0.257 e. The van der Waals surface area contributed by atoms with E-state index in [0.29, 0.717) is 11.4 Å². The van der Waals surface area contributed by atoms with E-state index < -0.39 is 6.04 Å². The third-order valence-corrected chi connectivity index (χ3v) is 4.37. The van der Waals surface area contributed by atoms with Gasteiger partial charge < -0.3 is 9.64 Å². The minimum Gasteiger partial charge on any atom is -0.497 e. The molecule has 1 saturated heterocycles. The number of hydrogen-bond acceptors (Lipinski definition) is 4. The molecule has 3 rings (SSSR count). The van der Waals surface area contributed by atoms with Crippen molar-refractivity contribution in [2.45, 2.75) is 25.3 Å². The summed E-state index contributed by atoms with van der Waals surface area (Å²) in [4.78, 5) is 40.2. The van der Waals surface area contributed by atoms with Gasteiger partial charge in [-0.3, -0.25) is 14.4 Å². The van der Waals surface area contributed by atoms with Gasteiger partial charge in [-0.25, -0.2) is 4.90 Å². The second kappa shape index (κ2) is 6.47. The monoisotopic (exact) mass is 328 g/mol. The van der Waals surface area contributed by atoms with Crippen LogP contribution in [0.2, 0.25) is 0 Å². The Morgan fingerprint density at radius 3 is 2.54 bits per heavy atom.